The minimum Gasteiger partial charge on any atom is -0.376 e. The summed E-state index contributed by atoms with van der Waals surface area (Å²) in [5.74, 6) is 0.804. The van der Waals surface area contributed by atoms with Crippen LogP contribution >= 0.6 is 15.9 Å². The molecule has 0 spiro atoms. The molecule has 1 aromatic heterocycles. The van der Waals surface area contributed by atoms with Crippen LogP contribution in [0.5, 0.6) is 0 Å². The van der Waals surface area contributed by atoms with Gasteiger partial charge in [0.15, 0.2) is 0 Å². The molecule has 0 unspecified atom stereocenters. The fraction of sp³-hybridized carbons (Fsp3) is 0.667. The number of rotatable bonds is 4. The molecule has 0 amide bonds. The second-order valence-corrected chi connectivity index (χ2v) is 5.20. The Morgan fingerprint density at radius 1 is 1.47 bits per heavy atom. The number of piperidine rings is 1. The summed E-state index contributed by atoms with van der Waals surface area (Å²) < 4.78 is 6.72. The first-order valence-electron chi connectivity index (χ1n) is 6.13. The van der Waals surface area contributed by atoms with Gasteiger partial charge in [0.25, 0.3) is 0 Å². The average molecular weight is 300 g/mol. The quantitative estimate of drug-likeness (QED) is 0.857. The summed E-state index contributed by atoms with van der Waals surface area (Å²) in [6, 6.07) is 0. The van der Waals surface area contributed by atoms with E-state index in [9.17, 15) is 0 Å². The van der Waals surface area contributed by atoms with Crippen molar-refractivity contribution in [3.05, 3.63) is 16.9 Å². The topological polar surface area (TPSA) is 38.2 Å². The van der Waals surface area contributed by atoms with E-state index in [4.69, 9.17) is 4.74 Å². The predicted molar refractivity (Wildman–Crippen MR) is 71.2 cm³/mol. The number of aromatic nitrogens is 2. The van der Waals surface area contributed by atoms with Crippen molar-refractivity contribution in [3.8, 4) is 0 Å². The summed E-state index contributed by atoms with van der Waals surface area (Å²) in [5, 5.41) is 0. The highest BCUT2D eigenvalue weighted by Gasteiger charge is 2.21. The van der Waals surface area contributed by atoms with Gasteiger partial charge in [0.1, 0.15) is 0 Å². The summed E-state index contributed by atoms with van der Waals surface area (Å²) >= 11 is 3.35. The number of anilines is 1. The van der Waals surface area contributed by atoms with Gasteiger partial charge in [0.05, 0.1) is 10.6 Å². The van der Waals surface area contributed by atoms with Crippen molar-refractivity contribution in [2.75, 3.05) is 24.6 Å². The van der Waals surface area contributed by atoms with Crippen molar-refractivity contribution in [2.45, 2.75) is 32.3 Å². The van der Waals surface area contributed by atoms with Gasteiger partial charge in [-0.25, -0.2) is 9.97 Å². The third-order valence-electron chi connectivity index (χ3n) is 2.83. The molecule has 1 aliphatic rings. The highest BCUT2D eigenvalue weighted by molar-refractivity contribution is 9.10. The molecule has 1 saturated heterocycles. The Labute approximate surface area is 111 Å². The number of halogens is 1. The zero-order valence-electron chi connectivity index (χ0n) is 10.1. The van der Waals surface area contributed by atoms with Gasteiger partial charge in [0.2, 0.25) is 5.95 Å². The summed E-state index contributed by atoms with van der Waals surface area (Å²) in [7, 11) is 0. The molecule has 94 valence electrons. The smallest absolute Gasteiger partial charge is 0.225 e. The first kappa shape index (κ1) is 12.8. The van der Waals surface area contributed by atoms with Gasteiger partial charge in [-0.3, -0.25) is 0 Å². The molecular formula is C12H18BrN3O. The average Bonchev–Trinajstić information content (AvgIpc) is 2.37. The highest BCUT2D eigenvalue weighted by Crippen LogP contribution is 2.18. The number of ether oxygens (including phenoxy) is 1. The molecule has 1 aliphatic heterocycles. The van der Waals surface area contributed by atoms with E-state index in [-0.39, 0.29) is 0 Å². The third kappa shape index (κ3) is 3.64. The minimum atomic E-state index is 0.330. The fourth-order valence-electron chi connectivity index (χ4n) is 2.01. The van der Waals surface area contributed by atoms with Crippen LogP contribution in [0.15, 0.2) is 16.9 Å². The molecule has 2 heterocycles. The van der Waals surface area contributed by atoms with Gasteiger partial charge < -0.3 is 9.64 Å². The van der Waals surface area contributed by atoms with Gasteiger partial charge in [-0.05, 0) is 35.2 Å². The first-order valence-corrected chi connectivity index (χ1v) is 6.93. The molecule has 1 aromatic rings. The Bertz CT molecular complexity index is 344. The second-order valence-electron chi connectivity index (χ2n) is 4.28. The lowest BCUT2D eigenvalue weighted by Crippen LogP contribution is -2.40. The Morgan fingerprint density at radius 2 is 2.24 bits per heavy atom. The lowest BCUT2D eigenvalue weighted by Gasteiger charge is -2.32. The summed E-state index contributed by atoms with van der Waals surface area (Å²) in [6.45, 7) is 4.91. The van der Waals surface area contributed by atoms with Crippen LogP contribution in [0.4, 0.5) is 5.95 Å². The van der Waals surface area contributed by atoms with Crippen molar-refractivity contribution in [3.63, 3.8) is 0 Å². The SMILES string of the molecule is CCCO[C@@H]1CCCN(c2ncc(Br)cn2)C1. The minimum absolute atomic E-state index is 0.330. The maximum absolute atomic E-state index is 5.80. The van der Waals surface area contributed by atoms with E-state index in [1.807, 2.05) is 0 Å². The lowest BCUT2D eigenvalue weighted by molar-refractivity contribution is 0.0437. The molecule has 1 fully saturated rings. The van der Waals surface area contributed by atoms with Gasteiger partial charge in [0, 0.05) is 32.1 Å². The molecule has 0 radical (unpaired) electrons. The Kier molecular flexibility index (Phi) is 4.74. The van der Waals surface area contributed by atoms with Gasteiger partial charge in [-0.1, -0.05) is 6.92 Å². The number of hydrogen-bond donors (Lipinski definition) is 0. The van der Waals surface area contributed by atoms with Crippen molar-refractivity contribution in [1.82, 2.24) is 9.97 Å². The van der Waals surface area contributed by atoms with Crippen LogP contribution in [0.3, 0.4) is 0 Å². The Morgan fingerprint density at radius 3 is 2.94 bits per heavy atom. The largest absolute Gasteiger partial charge is 0.376 e. The molecule has 0 aromatic carbocycles. The molecule has 0 aliphatic carbocycles. The zero-order valence-corrected chi connectivity index (χ0v) is 11.7. The van der Waals surface area contributed by atoms with Crippen LogP contribution in [0, 0.1) is 0 Å². The molecule has 0 bridgehead atoms. The van der Waals surface area contributed by atoms with E-state index >= 15 is 0 Å². The predicted octanol–water partition coefficient (Wildman–Crippen LogP) is 2.63. The maximum atomic E-state index is 5.80. The van der Waals surface area contributed by atoms with E-state index in [2.05, 4.69) is 37.7 Å². The van der Waals surface area contributed by atoms with Crippen molar-refractivity contribution in [2.24, 2.45) is 0 Å². The third-order valence-corrected chi connectivity index (χ3v) is 3.23. The van der Waals surface area contributed by atoms with Gasteiger partial charge in [-0.2, -0.15) is 0 Å². The molecule has 5 heteroatoms. The van der Waals surface area contributed by atoms with Crippen LogP contribution in [0.2, 0.25) is 0 Å². The molecular weight excluding hydrogens is 282 g/mol. The summed E-state index contributed by atoms with van der Waals surface area (Å²) in [6.07, 6.45) is 7.28. The number of nitrogens with zero attached hydrogens (tertiary/aromatic N) is 3. The first-order chi connectivity index (χ1) is 8.29. The van der Waals surface area contributed by atoms with E-state index in [0.717, 1.165) is 49.4 Å². The standard InChI is InChI=1S/C12H18BrN3O/c1-2-6-17-11-4-3-5-16(9-11)12-14-7-10(13)8-15-12/h7-8,11H,2-6,9H2,1H3/t11-/m1/s1. The normalized spacial score (nSPS) is 20.6. The Hall–Kier alpha value is -0.680. The van der Waals surface area contributed by atoms with E-state index in [1.54, 1.807) is 12.4 Å². The van der Waals surface area contributed by atoms with E-state index < -0.39 is 0 Å². The second kappa shape index (κ2) is 6.31. The molecule has 0 N–H and O–H groups in total. The lowest BCUT2D eigenvalue weighted by atomic mass is 10.1. The zero-order chi connectivity index (χ0) is 12.1. The van der Waals surface area contributed by atoms with E-state index in [0.29, 0.717) is 6.10 Å². The molecule has 1 atom stereocenters. The summed E-state index contributed by atoms with van der Waals surface area (Å²) in [4.78, 5) is 10.9. The summed E-state index contributed by atoms with van der Waals surface area (Å²) in [5.41, 5.74) is 0. The maximum Gasteiger partial charge on any atom is 0.225 e. The van der Waals surface area contributed by atoms with Gasteiger partial charge in [-0.15, -0.1) is 0 Å². The van der Waals surface area contributed by atoms with E-state index in [1.165, 1.54) is 0 Å². The molecule has 2 rings (SSSR count). The highest BCUT2D eigenvalue weighted by atomic mass is 79.9. The molecule has 4 nitrogen and oxygen atoms in total. The van der Waals surface area contributed by atoms with Crippen LogP contribution < -0.4 is 4.90 Å². The monoisotopic (exact) mass is 299 g/mol. The van der Waals surface area contributed by atoms with Crippen molar-refractivity contribution >= 4 is 21.9 Å². The van der Waals surface area contributed by atoms with Crippen molar-refractivity contribution < 1.29 is 4.74 Å². The van der Waals surface area contributed by atoms with Crippen LogP contribution in [0.1, 0.15) is 26.2 Å². The number of hydrogen-bond acceptors (Lipinski definition) is 4. The van der Waals surface area contributed by atoms with Crippen LogP contribution in [0.25, 0.3) is 0 Å². The Balaban J connectivity index is 1.94. The van der Waals surface area contributed by atoms with Gasteiger partial charge >= 0.3 is 0 Å². The molecule has 17 heavy (non-hydrogen) atoms. The fourth-order valence-corrected chi connectivity index (χ4v) is 2.21. The molecule has 0 saturated carbocycles. The van der Waals surface area contributed by atoms with Crippen molar-refractivity contribution in [1.29, 1.82) is 0 Å². The van der Waals surface area contributed by atoms with Crippen LogP contribution in [-0.4, -0.2) is 35.8 Å². The van der Waals surface area contributed by atoms with Crippen LogP contribution in [-0.2, 0) is 4.74 Å².